The summed E-state index contributed by atoms with van der Waals surface area (Å²) in [7, 11) is 0. The van der Waals surface area contributed by atoms with E-state index >= 15 is 0 Å². The minimum Gasteiger partial charge on any atom is -0.465 e. The molecule has 5 rings (SSSR count). The molecular formula is C25H29ClN6O3. The fourth-order valence-corrected chi connectivity index (χ4v) is 4.60. The van der Waals surface area contributed by atoms with E-state index in [1.165, 1.54) is 0 Å². The number of halogens is 1. The zero-order chi connectivity index (χ0) is 24.0. The fourth-order valence-electron chi connectivity index (χ4n) is 4.40. The summed E-state index contributed by atoms with van der Waals surface area (Å²) in [6.07, 6.45) is 9.60. The Morgan fingerprint density at radius 3 is 2.60 bits per heavy atom. The van der Waals surface area contributed by atoms with Crippen LogP contribution in [0.25, 0.3) is 10.9 Å². The molecule has 2 fully saturated rings. The van der Waals surface area contributed by atoms with Gasteiger partial charge < -0.3 is 20.1 Å². The summed E-state index contributed by atoms with van der Waals surface area (Å²) in [6, 6.07) is 6.32. The largest absolute Gasteiger partial charge is 0.465 e. The summed E-state index contributed by atoms with van der Waals surface area (Å²) in [5, 5.41) is 8.30. The molecule has 10 heteroatoms. The molecule has 0 aromatic carbocycles. The monoisotopic (exact) mass is 496 g/mol. The molecule has 2 N–H and O–H groups in total. The van der Waals surface area contributed by atoms with Crippen LogP contribution in [0.3, 0.4) is 0 Å². The SMILES string of the molecule is O=C(Cc1cnc(NCC2CCC(Nc3ccc4ccnc(Cl)c4n3)CC2)nc1)OCC1COC1. The lowest BCUT2D eigenvalue weighted by Gasteiger charge is -2.29. The second kappa shape index (κ2) is 11.1. The lowest BCUT2D eigenvalue weighted by Crippen LogP contribution is -2.32. The van der Waals surface area contributed by atoms with Crippen molar-refractivity contribution >= 4 is 40.2 Å². The molecule has 2 aliphatic rings. The average molecular weight is 497 g/mol. The summed E-state index contributed by atoms with van der Waals surface area (Å²) < 4.78 is 10.4. The highest BCUT2D eigenvalue weighted by atomic mass is 35.5. The average Bonchev–Trinajstić information content (AvgIpc) is 2.84. The van der Waals surface area contributed by atoms with Gasteiger partial charge in [0.05, 0.1) is 26.2 Å². The van der Waals surface area contributed by atoms with Crippen LogP contribution in [0.15, 0.2) is 36.8 Å². The molecule has 1 aliphatic heterocycles. The number of ether oxygens (including phenoxy) is 2. The molecule has 0 bridgehead atoms. The Kier molecular flexibility index (Phi) is 7.54. The van der Waals surface area contributed by atoms with Crippen molar-refractivity contribution < 1.29 is 14.3 Å². The molecule has 1 saturated carbocycles. The van der Waals surface area contributed by atoms with Crippen LogP contribution in [0.4, 0.5) is 11.8 Å². The maximum atomic E-state index is 11.9. The quantitative estimate of drug-likeness (QED) is 0.336. The first-order chi connectivity index (χ1) is 17.1. The number of anilines is 2. The Labute approximate surface area is 209 Å². The van der Waals surface area contributed by atoms with Gasteiger partial charge in [0, 0.05) is 48.0 Å². The molecule has 4 heterocycles. The lowest BCUT2D eigenvalue weighted by molar-refractivity contribution is -0.149. The summed E-state index contributed by atoms with van der Waals surface area (Å²) in [6.45, 7) is 2.59. The molecule has 3 aromatic rings. The van der Waals surface area contributed by atoms with Gasteiger partial charge in [-0.2, -0.15) is 0 Å². The fraction of sp³-hybridized carbons (Fsp3) is 0.480. The van der Waals surface area contributed by atoms with E-state index in [-0.39, 0.29) is 12.4 Å². The lowest BCUT2D eigenvalue weighted by atomic mass is 9.86. The number of carbonyl (C=O) groups is 1. The van der Waals surface area contributed by atoms with Crippen LogP contribution in [0.5, 0.6) is 0 Å². The number of rotatable bonds is 9. The van der Waals surface area contributed by atoms with Gasteiger partial charge >= 0.3 is 5.97 Å². The van der Waals surface area contributed by atoms with E-state index in [1.54, 1.807) is 18.6 Å². The summed E-state index contributed by atoms with van der Waals surface area (Å²) >= 11 is 6.19. The molecule has 1 saturated heterocycles. The number of nitrogens with zero attached hydrogens (tertiary/aromatic N) is 4. The van der Waals surface area contributed by atoms with Crippen LogP contribution < -0.4 is 10.6 Å². The zero-order valence-corrected chi connectivity index (χ0v) is 20.2. The van der Waals surface area contributed by atoms with Gasteiger partial charge in [-0.15, -0.1) is 0 Å². The minimum atomic E-state index is -0.259. The van der Waals surface area contributed by atoms with Crippen molar-refractivity contribution in [1.29, 1.82) is 0 Å². The molecule has 0 atom stereocenters. The van der Waals surface area contributed by atoms with Gasteiger partial charge in [-0.3, -0.25) is 4.79 Å². The minimum absolute atomic E-state index is 0.180. The number of hydrogen-bond donors (Lipinski definition) is 2. The van der Waals surface area contributed by atoms with E-state index in [4.69, 9.17) is 21.1 Å². The van der Waals surface area contributed by atoms with Crippen molar-refractivity contribution in [3.63, 3.8) is 0 Å². The molecule has 184 valence electrons. The van der Waals surface area contributed by atoms with Gasteiger partial charge in [0.2, 0.25) is 5.95 Å². The van der Waals surface area contributed by atoms with Crippen LogP contribution >= 0.6 is 11.6 Å². The molecule has 9 nitrogen and oxygen atoms in total. The molecule has 0 unspecified atom stereocenters. The van der Waals surface area contributed by atoms with Crippen LogP contribution in [-0.2, 0) is 20.7 Å². The highest BCUT2D eigenvalue weighted by Gasteiger charge is 2.22. The topological polar surface area (TPSA) is 111 Å². The molecule has 0 spiro atoms. The van der Waals surface area contributed by atoms with E-state index in [0.717, 1.165) is 54.5 Å². The van der Waals surface area contributed by atoms with E-state index < -0.39 is 0 Å². The van der Waals surface area contributed by atoms with E-state index in [2.05, 4.69) is 30.6 Å². The Balaban J connectivity index is 1.03. The van der Waals surface area contributed by atoms with E-state index in [0.29, 0.717) is 48.8 Å². The van der Waals surface area contributed by atoms with Gasteiger partial charge in [-0.25, -0.2) is 19.9 Å². The normalized spacial score (nSPS) is 20.3. The van der Waals surface area contributed by atoms with Crippen molar-refractivity contribution in [2.24, 2.45) is 11.8 Å². The molecule has 3 aromatic heterocycles. The van der Waals surface area contributed by atoms with E-state index in [9.17, 15) is 4.79 Å². The Bertz CT molecular complexity index is 1150. The first-order valence-electron chi connectivity index (χ1n) is 12.1. The van der Waals surface area contributed by atoms with Crippen LogP contribution in [0, 0.1) is 11.8 Å². The first kappa shape index (κ1) is 23.7. The van der Waals surface area contributed by atoms with Gasteiger partial charge in [-0.05, 0) is 49.8 Å². The number of carbonyl (C=O) groups excluding carboxylic acids is 1. The summed E-state index contributed by atoms with van der Waals surface area (Å²) in [4.78, 5) is 29.4. The van der Waals surface area contributed by atoms with Crippen molar-refractivity contribution in [2.45, 2.75) is 38.1 Å². The predicted molar refractivity (Wildman–Crippen MR) is 133 cm³/mol. The Morgan fingerprint density at radius 2 is 1.86 bits per heavy atom. The second-order valence-electron chi connectivity index (χ2n) is 9.29. The highest BCUT2D eigenvalue weighted by Crippen LogP contribution is 2.28. The predicted octanol–water partition coefficient (Wildman–Crippen LogP) is 3.89. The smallest absolute Gasteiger partial charge is 0.310 e. The van der Waals surface area contributed by atoms with Crippen LogP contribution in [0.1, 0.15) is 31.2 Å². The first-order valence-corrected chi connectivity index (χ1v) is 12.5. The summed E-state index contributed by atoms with van der Waals surface area (Å²) in [5.74, 6) is 2.05. The van der Waals surface area contributed by atoms with E-state index in [1.807, 2.05) is 18.2 Å². The van der Waals surface area contributed by atoms with Gasteiger partial charge in [0.25, 0.3) is 0 Å². The molecule has 1 aliphatic carbocycles. The zero-order valence-electron chi connectivity index (χ0n) is 19.5. The molecule has 0 amide bonds. The van der Waals surface area contributed by atoms with Gasteiger partial charge in [0.1, 0.15) is 11.3 Å². The summed E-state index contributed by atoms with van der Waals surface area (Å²) in [5.41, 5.74) is 1.47. The number of nitrogens with one attached hydrogen (secondary N) is 2. The third-order valence-corrected chi connectivity index (χ3v) is 6.83. The molecular weight excluding hydrogens is 468 g/mol. The molecule has 0 radical (unpaired) electrons. The highest BCUT2D eigenvalue weighted by molar-refractivity contribution is 6.33. The van der Waals surface area contributed by atoms with Crippen LogP contribution in [0.2, 0.25) is 5.15 Å². The maximum Gasteiger partial charge on any atom is 0.310 e. The molecule has 35 heavy (non-hydrogen) atoms. The van der Waals surface area contributed by atoms with Gasteiger partial charge in [-0.1, -0.05) is 11.6 Å². The second-order valence-corrected chi connectivity index (χ2v) is 9.65. The Morgan fingerprint density at radius 1 is 1.06 bits per heavy atom. The Hall–Kier alpha value is -3.04. The van der Waals surface area contributed by atoms with Crippen molar-refractivity contribution in [3.8, 4) is 0 Å². The van der Waals surface area contributed by atoms with Crippen molar-refractivity contribution in [2.75, 3.05) is 37.0 Å². The van der Waals surface area contributed by atoms with Crippen molar-refractivity contribution in [1.82, 2.24) is 19.9 Å². The number of esters is 1. The number of fused-ring (bicyclic) bond motifs is 1. The van der Waals surface area contributed by atoms with Crippen molar-refractivity contribution in [3.05, 3.63) is 47.5 Å². The third kappa shape index (κ3) is 6.35. The van der Waals surface area contributed by atoms with Crippen LogP contribution in [-0.4, -0.2) is 58.3 Å². The van der Waals surface area contributed by atoms with Gasteiger partial charge in [0.15, 0.2) is 5.15 Å². The maximum absolute atomic E-state index is 11.9. The standard InChI is InChI=1S/C25H29ClN6O3/c26-24-23-19(7-8-27-24)3-6-21(32-23)31-20-4-1-16(2-5-20)10-28-25-29-11-17(12-30-25)9-22(33)35-15-18-13-34-14-18/h3,6-8,11-12,16,18,20H,1-2,4-5,9-10,13-15H2,(H,31,32)(H,28,29,30). The third-order valence-electron chi connectivity index (χ3n) is 6.55. The number of aromatic nitrogens is 4. The number of hydrogen-bond acceptors (Lipinski definition) is 9. The number of pyridine rings is 2.